The van der Waals surface area contributed by atoms with E-state index < -0.39 is 0 Å². The standard InChI is InChI=1S/C11H20BrNOS/c1-15-7-6-11(14)13-8-9-4-2-3-5-10(9)12/h9-10H,2-8H2,1H3,(H,13,14). The van der Waals surface area contributed by atoms with E-state index in [1.807, 2.05) is 6.26 Å². The van der Waals surface area contributed by atoms with Crippen LogP contribution in [0.4, 0.5) is 0 Å². The first-order valence-electron chi connectivity index (χ1n) is 5.63. The molecule has 0 saturated heterocycles. The summed E-state index contributed by atoms with van der Waals surface area (Å²) in [4.78, 5) is 12.0. The zero-order valence-electron chi connectivity index (χ0n) is 9.30. The van der Waals surface area contributed by atoms with Crippen LogP contribution < -0.4 is 5.32 Å². The summed E-state index contributed by atoms with van der Waals surface area (Å²) in [5, 5.41) is 3.04. The Labute approximate surface area is 105 Å². The van der Waals surface area contributed by atoms with Crippen LogP contribution in [0.1, 0.15) is 32.1 Å². The highest BCUT2D eigenvalue weighted by molar-refractivity contribution is 9.09. The van der Waals surface area contributed by atoms with E-state index >= 15 is 0 Å². The Morgan fingerprint density at radius 1 is 1.47 bits per heavy atom. The first-order valence-corrected chi connectivity index (χ1v) is 7.94. The summed E-state index contributed by atoms with van der Waals surface area (Å²) < 4.78 is 0. The molecule has 0 bridgehead atoms. The van der Waals surface area contributed by atoms with Crippen LogP contribution in [0.5, 0.6) is 0 Å². The van der Waals surface area contributed by atoms with E-state index in [4.69, 9.17) is 0 Å². The highest BCUT2D eigenvalue weighted by Gasteiger charge is 2.22. The van der Waals surface area contributed by atoms with Crippen LogP contribution >= 0.6 is 27.7 Å². The molecule has 2 nitrogen and oxygen atoms in total. The van der Waals surface area contributed by atoms with Crippen molar-refractivity contribution in [1.29, 1.82) is 0 Å². The molecule has 1 N–H and O–H groups in total. The first kappa shape index (κ1) is 13.4. The summed E-state index contributed by atoms with van der Waals surface area (Å²) in [6.07, 6.45) is 7.83. The van der Waals surface area contributed by atoms with Crippen LogP contribution in [0.15, 0.2) is 0 Å². The van der Waals surface area contributed by atoms with Crippen molar-refractivity contribution in [1.82, 2.24) is 5.32 Å². The number of nitrogens with one attached hydrogen (secondary N) is 1. The summed E-state index contributed by atoms with van der Waals surface area (Å²) in [6, 6.07) is 0. The first-order chi connectivity index (χ1) is 7.24. The van der Waals surface area contributed by atoms with Gasteiger partial charge in [0.1, 0.15) is 0 Å². The third-order valence-corrected chi connectivity index (χ3v) is 4.73. The highest BCUT2D eigenvalue weighted by Crippen LogP contribution is 2.29. The molecule has 1 aliphatic carbocycles. The van der Waals surface area contributed by atoms with Gasteiger partial charge in [-0.25, -0.2) is 0 Å². The lowest BCUT2D eigenvalue weighted by molar-refractivity contribution is -0.120. The van der Waals surface area contributed by atoms with E-state index in [1.54, 1.807) is 11.8 Å². The quantitative estimate of drug-likeness (QED) is 0.790. The third kappa shape index (κ3) is 5.25. The molecule has 0 radical (unpaired) electrons. The predicted octanol–water partition coefficient (Wildman–Crippen LogP) is 2.81. The van der Waals surface area contributed by atoms with Crippen molar-refractivity contribution in [2.45, 2.75) is 36.9 Å². The molecule has 2 atom stereocenters. The van der Waals surface area contributed by atoms with Crippen LogP contribution in [0.2, 0.25) is 0 Å². The number of alkyl halides is 1. The second-order valence-electron chi connectivity index (χ2n) is 4.11. The van der Waals surface area contributed by atoms with Crippen molar-refractivity contribution in [2.75, 3.05) is 18.6 Å². The maximum absolute atomic E-state index is 11.4. The molecular formula is C11H20BrNOS. The summed E-state index contributed by atoms with van der Waals surface area (Å²) >= 11 is 5.42. The lowest BCUT2D eigenvalue weighted by Crippen LogP contribution is -2.34. The number of carbonyl (C=O) groups is 1. The lowest BCUT2D eigenvalue weighted by atomic mass is 9.89. The van der Waals surface area contributed by atoms with Gasteiger partial charge in [0.15, 0.2) is 0 Å². The zero-order valence-corrected chi connectivity index (χ0v) is 11.7. The Hall–Kier alpha value is 0.300. The van der Waals surface area contributed by atoms with Crippen LogP contribution in [0.25, 0.3) is 0 Å². The molecule has 15 heavy (non-hydrogen) atoms. The van der Waals surface area contributed by atoms with Gasteiger partial charge in [-0.15, -0.1) is 0 Å². The average molecular weight is 294 g/mol. The van der Waals surface area contributed by atoms with Gasteiger partial charge in [-0.3, -0.25) is 4.79 Å². The summed E-state index contributed by atoms with van der Waals surface area (Å²) in [6.45, 7) is 0.850. The van der Waals surface area contributed by atoms with Crippen molar-refractivity contribution >= 4 is 33.6 Å². The third-order valence-electron chi connectivity index (χ3n) is 2.91. The van der Waals surface area contributed by atoms with Gasteiger partial charge in [-0.05, 0) is 25.0 Å². The smallest absolute Gasteiger partial charge is 0.220 e. The van der Waals surface area contributed by atoms with E-state index in [2.05, 4.69) is 21.2 Å². The predicted molar refractivity (Wildman–Crippen MR) is 70.7 cm³/mol. The van der Waals surface area contributed by atoms with E-state index in [0.717, 1.165) is 12.3 Å². The summed E-state index contributed by atoms with van der Waals surface area (Å²) in [5.41, 5.74) is 0. The Balaban J connectivity index is 2.14. The molecule has 0 aromatic rings. The van der Waals surface area contributed by atoms with Crippen LogP contribution in [0, 0.1) is 5.92 Å². The van der Waals surface area contributed by atoms with E-state index in [-0.39, 0.29) is 5.91 Å². The number of rotatable bonds is 5. The van der Waals surface area contributed by atoms with Crippen LogP contribution in [-0.4, -0.2) is 29.3 Å². The SMILES string of the molecule is CSCCC(=O)NCC1CCCCC1Br. The highest BCUT2D eigenvalue weighted by atomic mass is 79.9. The van der Waals surface area contributed by atoms with Gasteiger partial charge in [-0.2, -0.15) is 11.8 Å². The minimum absolute atomic E-state index is 0.203. The van der Waals surface area contributed by atoms with Gasteiger partial charge in [0, 0.05) is 23.5 Å². The molecule has 0 aromatic carbocycles. The summed E-state index contributed by atoms with van der Waals surface area (Å²) in [5.74, 6) is 1.76. The molecule has 0 aliphatic heterocycles. The topological polar surface area (TPSA) is 29.1 Å². The number of halogens is 1. The number of amides is 1. The minimum atomic E-state index is 0.203. The molecule has 1 amide bonds. The Morgan fingerprint density at radius 2 is 2.20 bits per heavy atom. The maximum atomic E-state index is 11.4. The van der Waals surface area contributed by atoms with Gasteiger partial charge >= 0.3 is 0 Å². The molecule has 0 spiro atoms. The monoisotopic (exact) mass is 293 g/mol. The average Bonchev–Trinajstić information content (AvgIpc) is 2.25. The van der Waals surface area contributed by atoms with E-state index in [1.165, 1.54) is 25.7 Å². The fourth-order valence-corrected chi connectivity index (χ4v) is 3.08. The molecular weight excluding hydrogens is 274 g/mol. The molecule has 88 valence electrons. The molecule has 1 fully saturated rings. The van der Waals surface area contributed by atoms with Gasteiger partial charge in [0.25, 0.3) is 0 Å². The molecule has 1 aliphatic rings. The second-order valence-corrected chi connectivity index (χ2v) is 6.27. The normalized spacial score (nSPS) is 26.3. The Bertz CT molecular complexity index is 201. The lowest BCUT2D eigenvalue weighted by Gasteiger charge is -2.27. The molecule has 0 heterocycles. The van der Waals surface area contributed by atoms with Crippen molar-refractivity contribution < 1.29 is 4.79 Å². The van der Waals surface area contributed by atoms with Gasteiger partial charge in [0.2, 0.25) is 5.91 Å². The number of carbonyl (C=O) groups excluding carboxylic acids is 1. The molecule has 0 aromatic heterocycles. The Kier molecular flexibility index (Phi) is 6.73. The van der Waals surface area contributed by atoms with Crippen molar-refractivity contribution in [2.24, 2.45) is 5.92 Å². The minimum Gasteiger partial charge on any atom is -0.356 e. The van der Waals surface area contributed by atoms with Gasteiger partial charge in [0.05, 0.1) is 0 Å². The maximum Gasteiger partial charge on any atom is 0.220 e. The van der Waals surface area contributed by atoms with Crippen LogP contribution in [0.3, 0.4) is 0 Å². The largest absolute Gasteiger partial charge is 0.356 e. The molecule has 2 unspecified atom stereocenters. The number of hydrogen-bond acceptors (Lipinski definition) is 2. The van der Waals surface area contributed by atoms with Gasteiger partial charge in [-0.1, -0.05) is 28.8 Å². The molecule has 1 saturated carbocycles. The molecule has 4 heteroatoms. The van der Waals surface area contributed by atoms with Crippen LogP contribution in [-0.2, 0) is 4.79 Å². The Morgan fingerprint density at radius 3 is 2.87 bits per heavy atom. The van der Waals surface area contributed by atoms with Gasteiger partial charge < -0.3 is 5.32 Å². The number of hydrogen-bond donors (Lipinski definition) is 1. The number of thioether (sulfide) groups is 1. The zero-order chi connectivity index (χ0) is 11.1. The summed E-state index contributed by atoms with van der Waals surface area (Å²) in [7, 11) is 0. The van der Waals surface area contributed by atoms with Crippen molar-refractivity contribution in [3.8, 4) is 0 Å². The van der Waals surface area contributed by atoms with Crippen molar-refractivity contribution in [3.63, 3.8) is 0 Å². The molecule has 1 rings (SSSR count). The van der Waals surface area contributed by atoms with Crippen molar-refractivity contribution in [3.05, 3.63) is 0 Å². The second kappa shape index (κ2) is 7.55. The fraction of sp³-hybridized carbons (Fsp3) is 0.909. The van der Waals surface area contributed by atoms with E-state index in [9.17, 15) is 4.79 Å². The fourth-order valence-electron chi connectivity index (χ4n) is 1.92. The van der Waals surface area contributed by atoms with E-state index in [0.29, 0.717) is 17.2 Å².